The summed E-state index contributed by atoms with van der Waals surface area (Å²) in [7, 11) is 1.59. The minimum atomic E-state index is -0.204. The van der Waals surface area contributed by atoms with Gasteiger partial charge in [-0.2, -0.15) is 0 Å². The summed E-state index contributed by atoms with van der Waals surface area (Å²) in [5, 5.41) is 2.66. The van der Waals surface area contributed by atoms with Crippen LogP contribution in [0.4, 0.5) is 0 Å². The maximum absolute atomic E-state index is 11.3. The molecule has 0 bridgehead atoms. The van der Waals surface area contributed by atoms with Crippen LogP contribution in [0.3, 0.4) is 0 Å². The van der Waals surface area contributed by atoms with Crippen LogP contribution in [-0.2, 0) is 4.74 Å². The Morgan fingerprint density at radius 2 is 2.38 bits per heavy atom. The molecule has 0 radical (unpaired) electrons. The predicted molar refractivity (Wildman–Crippen MR) is 47.7 cm³/mol. The number of aryl methyl sites for hydroxylation is 1. The molecule has 4 heteroatoms. The average molecular weight is 183 g/mol. The number of ether oxygens (including phenoxy) is 1. The van der Waals surface area contributed by atoms with Crippen molar-refractivity contribution < 1.29 is 13.9 Å². The molecule has 0 unspecified atom stereocenters. The second kappa shape index (κ2) is 4.67. The van der Waals surface area contributed by atoms with Gasteiger partial charge in [-0.15, -0.1) is 0 Å². The second-order valence-electron chi connectivity index (χ2n) is 2.66. The normalized spacial score (nSPS) is 10.0. The first-order valence-corrected chi connectivity index (χ1v) is 4.07. The molecule has 13 heavy (non-hydrogen) atoms. The summed E-state index contributed by atoms with van der Waals surface area (Å²) in [6, 6.07) is 3.41. The van der Waals surface area contributed by atoms with E-state index in [1.54, 1.807) is 26.2 Å². The Hall–Kier alpha value is -1.29. The molecule has 1 amide bonds. The van der Waals surface area contributed by atoms with E-state index in [0.717, 1.165) is 5.76 Å². The van der Waals surface area contributed by atoms with E-state index in [1.165, 1.54) is 0 Å². The molecular formula is C9H13NO3. The zero-order chi connectivity index (χ0) is 9.68. The van der Waals surface area contributed by atoms with Crippen molar-refractivity contribution in [2.45, 2.75) is 6.92 Å². The van der Waals surface area contributed by atoms with E-state index in [2.05, 4.69) is 5.32 Å². The van der Waals surface area contributed by atoms with Gasteiger partial charge in [-0.25, -0.2) is 0 Å². The minimum absolute atomic E-state index is 0.204. The molecule has 1 heterocycles. The van der Waals surface area contributed by atoms with Crippen molar-refractivity contribution in [2.75, 3.05) is 20.3 Å². The second-order valence-corrected chi connectivity index (χ2v) is 2.66. The van der Waals surface area contributed by atoms with Gasteiger partial charge in [-0.3, -0.25) is 4.79 Å². The van der Waals surface area contributed by atoms with E-state index in [9.17, 15) is 4.79 Å². The molecule has 0 aliphatic rings. The third-order valence-corrected chi connectivity index (χ3v) is 1.56. The monoisotopic (exact) mass is 183 g/mol. The summed E-state index contributed by atoms with van der Waals surface area (Å²) in [6.07, 6.45) is 0. The number of nitrogens with one attached hydrogen (secondary N) is 1. The van der Waals surface area contributed by atoms with Crippen LogP contribution in [0.1, 0.15) is 16.3 Å². The molecule has 0 saturated carbocycles. The van der Waals surface area contributed by atoms with Crippen LogP contribution >= 0.6 is 0 Å². The third kappa shape index (κ3) is 2.91. The molecule has 0 saturated heterocycles. The number of rotatable bonds is 4. The SMILES string of the molecule is COCCNC(=O)c1ccc(C)o1. The maximum atomic E-state index is 11.3. The zero-order valence-corrected chi connectivity index (χ0v) is 7.79. The van der Waals surface area contributed by atoms with E-state index in [0.29, 0.717) is 18.9 Å². The van der Waals surface area contributed by atoms with Crippen LogP contribution in [-0.4, -0.2) is 26.2 Å². The highest BCUT2D eigenvalue weighted by molar-refractivity contribution is 5.91. The molecule has 0 aliphatic carbocycles. The standard InChI is InChI=1S/C9H13NO3/c1-7-3-4-8(13-7)9(11)10-5-6-12-2/h3-4H,5-6H2,1-2H3,(H,10,11). The molecule has 72 valence electrons. The Kier molecular flexibility index (Phi) is 3.52. The molecule has 4 nitrogen and oxygen atoms in total. The fourth-order valence-electron chi connectivity index (χ4n) is 0.910. The largest absolute Gasteiger partial charge is 0.456 e. The highest BCUT2D eigenvalue weighted by Gasteiger charge is 2.07. The summed E-state index contributed by atoms with van der Waals surface area (Å²) in [5.74, 6) is 0.871. The van der Waals surface area contributed by atoms with Gasteiger partial charge in [0.15, 0.2) is 5.76 Å². The molecule has 1 aromatic rings. The van der Waals surface area contributed by atoms with Crippen molar-refractivity contribution in [3.63, 3.8) is 0 Å². The lowest BCUT2D eigenvalue weighted by Crippen LogP contribution is -2.26. The Morgan fingerprint density at radius 1 is 1.62 bits per heavy atom. The van der Waals surface area contributed by atoms with Crippen LogP contribution in [0, 0.1) is 6.92 Å². The van der Waals surface area contributed by atoms with Gasteiger partial charge in [-0.1, -0.05) is 0 Å². The van der Waals surface area contributed by atoms with Crippen LogP contribution < -0.4 is 5.32 Å². The van der Waals surface area contributed by atoms with Gasteiger partial charge in [0.25, 0.3) is 5.91 Å². The highest BCUT2D eigenvalue weighted by atomic mass is 16.5. The van der Waals surface area contributed by atoms with Crippen molar-refractivity contribution >= 4 is 5.91 Å². The first kappa shape index (κ1) is 9.80. The van der Waals surface area contributed by atoms with Gasteiger partial charge >= 0.3 is 0 Å². The maximum Gasteiger partial charge on any atom is 0.287 e. The van der Waals surface area contributed by atoms with Gasteiger partial charge in [0.05, 0.1) is 6.61 Å². The van der Waals surface area contributed by atoms with Crippen molar-refractivity contribution in [3.8, 4) is 0 Å². The number of furan rings is 1. The number of carbonyl (C=O) groups is 1. The topological polar surface area (TPSA) is 51.5 Å². The lowest BCUT2D eigenvalue weighted by atomic mass is 10.4. The fourth-order valence-corrected chi connectivity index (χ4v) is 0.910. The molecule has 0 atom stereocenters. The van der Waals surface area contributed by atoms with E-state index < -0.39 is 0 Å². The zero-order valence-electron chi connectivity index (χ0n) is 7.79. The molecule has 1 N–H and O–H groups in total. The third-order valence-electron chi connectivity index (χ3n) is 1.56. The lowest BCUT2D eigenvalue weighted by Gasteiger charge is -2.00. The van der Waals surface area contributed by atoms with Gasteiger partial charge in [0, 0.05) is 13.7 Å². The molecule has 0 spiro atoms. The van der Waals surface area contributed by atoms with Gasteiger partial charge in [0.2, 0.25) is 0 Å². The average Bonchev–Trinajstić information content (AvgIpc) is 2.52. The summed E-state index contributed by atoms with van der Waals surface area (Å²) >= 11 is 0. The summed E-state index contributed by atoms with van der Waals surface area (Å²) in [6.45, 7) is 2.80. The van der Waals surface area contributed by atoms with Crippen molar-refractivity contribution in [2.24, 2.45) is 0 Å². The molecule has 0 aromatic carbocycles. The number of amides is 1. The molecule has 1 aromatic heterocycles. The molecular weight excluding hydrogens is 170 g/mol. The Balaban J connectivity index is 2.40. The van der Waals surface area contributed by atoms with Gasteiger partial charge < -0.3 is 14.5 Å². The Bertz CT molecular complexity index is 280. The number of methoxy groups -OCH3 is 1. The van der Waals surface area contributed by atoms with Crippen LogP contribution in [0.25, 0.3) is 0 Å². The molecule has 1 rings (SSSR count). The number of hydrogen-bond donors (Lipinski definition) is 1. The number of hydrogen-bond acceptors (Lipinski definition) is 3. The summed E-state index contributed by atoms with van der Waals surface area (Å²) < 4.78 is 9.91. The first-order valence-electron chi connectivity index (χ1n) is 4.07. The minimum Gasteiger partial charge on any atom is -0.456 e. The van der Waals surface area contributed by atoms with Crippen LogP contribution in [0.15, 0.2) is 16.5 Å². The van der Waals surface area contributed by atoms with E-state index in [-0.39, 0.29) is 5.91 Å². The van der Waals surface area contributed by atoms with Crippen LogP contribution in [0.2, 0.25) is 0 Å². The van der Waals surface area contributed by atoms with Crippen molar-refractivity contribution in [1.82, 2.24) is 5.32 Å². The van der Waals surface area contributed by atoms with Crippen molar-refractivity contribution in [1.29, 1.82) is 0 Å². The fraction of sp³-hybridized carbons (Fsp3) is 0.444. The van der Waals surface area contributed by atoms with E-state index >= 15 is 0 Å². The Labute approximate surface area is 76.9 Å². The molecule has 0 aliphatic heterocycles. The van der Waals surface area contributed by atoms with Crippen LogP contribution in [0.5, 0.6) is 0 Å². The summed E-state index contributed by atoms with van der Waals surface area (Å²) in [5.41, 5.74) is 0. The van der Waals surface area contributed by atoms with Crippen molar-refractivity contribution in [3.05, 3.63) is 23.7 Å². The first-order chi connectivity index (χ1) is 6.24. The predicted octanol–water partition coefficient (Wildman–Crippen LogP) is 0.964. The number of carbonyl (C=O) groups excluding carboxylic acids is 1. The van der Waals surface area contributed by atoms with Gasteiger partial charge in [0.1, 0.15) is 5.76 Å². The van der Waals surface area contributed by atoms with E-state index in [1.807, 2.05) is 0 Å². The van der Waals surface area contributed by atoms with Gasteiger partial charge in [-0.05, 0) is 19.1 Å². The smallest absolute Gasteiger partial charge is 0.287 e. The highest BCUT2D eigenvalue weighted by Crippen LogP contribution is 2.05. The summed E-state index contributed by atoms with van der Waals surface area (Å²) in [4.78, 5) is 11.3. The van der Waals surface area contributed by atoms with E-state index in [4.69, 9.17) is 9.15 Å². The Morgan fingerprint density at radius 3 is 2.92 bits per heavy atom. The molecule has 0 fully saturated rings. The quantitative estimate of drug-likeness (QED) is 0.707. The lowest BCUT2D eigenvalue weighted by molar-refractivity contribution is 0.0908.